The van der Waals surface area contributed by atoms with Crippen molar-refractivity contribution in [3.05, 3.63) is 71.9 Å². The fourth-order valence-corrected chi connectivity index (χ4v) is 4.17. The molecule has 3 aromatic heterocycles. The molecule has 0 bridgehead atoms. The molecule has 0 saturated carbocycles. The molecule has 0 aliphatic carbocycles. The Labute approximate surface area is 191 Å². The largest absolute Gasteiger partial charge is 0.390 e. The van der Waals surface area contributed by atoms with Gasteiger partial charge in [-0.2, -0.15) is 5.10 Å². The van der Waals surface area contributed by atoms with Crippen LogP contribution in [0.3, 0.4) is 0 Å². The van der Waals surface area contributed by atoms with Gasteiger partial charge in [0, 0.05) is 54.7 Å². The summed E-state index contributed by atoms with van der Waals surface area (Å²) in [6.45, 7) is 2.80. The maximum absolute atomic E-state index is 13.0. The minimum Gasteiger partial charge on any atom is -0.390 e. The number of rotatable bonds is 6. The lowest BCUT2D eigenvalue weighted by molar-refractivity contribution is 0.0992. The fraction of sp³-hybridized carbons (Fsp3) is 0.280. The summed E-state index contributed by atoms with van der Waals surface area (Å²) in [6.07, 6.45) is 5.45. The number of anilines is 1. The zero-order valence-corrected chi connectivity index (χ0v) is 18.4. The van der Waals surface area contributed by atoms with Crippen molar-refractivity contribution in [2.45, 2.75) is 13.0 Å². The van der Waals surface area contributed by atoms with Crippen LogP contribution in [0, 0.1) is 0 Å². The van der Waals surface area contributed by atoms with Crippen molar-refractivity contribution >= 4 is 22.4 Å². The van der Waals surface area contributed by atoms with Crippen LogP contribution in [0.2, 0.25) is 0 Å². The van der Waals surface area contributed by atoms with Crippen molar-refractivity contribution in [3.8, 4) is 11.1 Å². The van der Waals surface area contributed by atoms with Crippen LogP contribution in [0.25, 0.3) is 21.9 Å². The third kappa shape index (κ3) is 4.35. The zero-order chi connectivity index (χ0) is 22.8. The number of nitrogens with zero attached hydrogens (tertiary/aromatic N) is 5. The maximum Gasteiger partial charge on any atom is 0.169 e. The number of aryl methyl sites for hydroxylation is 1. The van der Waals surface area contributed by atoms with Crippen molar-refractivity contribution in [2.75, 3.05) is 31.2 Å². The van der Waals surface area contributed by atoms with Gasteiger partial charge in [-0.25, -0.2) is 4.98 Å². The highest BCUT2D eigenvalue weighted by molar-refractivity contribution is 5.98. The normalized spacial score (nSPS) is 14.1. The molecule has 1 aliphatic heterocycles. The first-order valence-electron chi connectivity index (χ1n) is 10.9. The number of ether oxygens (including phenoxy) is 1. The fourth-order valence-electron chi connectivity index (χ4n) is 4.17. The van der Waals surface area contributed by atoms with Gasteiger partial charge in [-0.05, 0) is 35.2 Å². The molecule has 0 radical (unpaired) electrons. The van der Waals surface area contributed by atoms with E-state index >= 15 is 0 Å². The number of aliphatic hydroxyl groups excluding tert-OH is 1. The summed E-state index contributed by atoms with van der Waals surface area (Å²) in [4.78, 5) is 24.1. The average Bonchev–Trinajstić information content (AvgIpc) is 3.24. The van der Waals surface area contributed by atoms with Gasteiger partial charge in [0.2, 0.25) is 0 Å². The lowest BCUT2D eigenvalue weighted by atomic mass is 10.0. The molecule has 0 atom stereocenters. The first kappa shape index (κ1) is 21.2. The highest BCUT2D eigenvalue weighted by Crippen LogP contribution is 2.27. The van der Waals surface area contributed by atoms with E-state index in [1.165, 1.54) is 0 Å². The van der Waals surface area contributed by atoms with Crippen molar-refractivity contribution in [2.24, 2.45) is 7.05 Å². The van der Waals surface area contributed by atoms with Gasteiger partial charge < -0.3 is 14.7 Å². The van der Waals surface area contributed by atoms with E-state index in [0.29, 0.717) is 24.5 Å². The van der Waals surface area contributed by atoms with Gasteiger partial charge in [-0.15, -0.1) is 0 Å². The average molecular weight is 444 g/mol. The van der Waals surface area contributed by atoms with Gasteiger partial charge in [0.15, 0.2) is 5.78 Å². The summed E-state index contributed by atoms with van der Waals surface area (Å²) in [5.41, 5.74) is 3.96. The molecule has 4 heterocycles. The summed E-state index contributed by atoms with van der Waals surface area (Å²) >= 11 is 0. The van der Waals surface area contributed by atoms with E-state index in [1.807, 2.05) is 37.4 Å². The first-order valence-corrected chi connectivity index (χ1v) is 10.9. The van der Waals surface area contributed by atoms with Gasteiger partial charge in [-0.3, -0.25) is 14.5 Å². The number of ketones is 1. The van der Waals surface area contributed by atoms with Gasteiger partial charge in [0.1, 0.15) is 5.82 Å². The number of fused-ring (bicyclic) bond motifs is 1. The standard InChI is InChI=1S/C25H25N5O3/c1-29-23(16-31)22(15-28-29)17-2-3-19-14-27-21(11-20(19)10-17)13-24(32)18-4-5-26-25(12-18)30-6-8-33-9-7-30/h2-5,10-12,14-15,31H,6-9,13,16H2,1H3. The number of pyridine rings is 2. The molecule has 33 heavy (non-hydrogen) atoms. The molecule has 1 aliphatic rings. The second kappa shape index (κ2) is 9.09. The Morgan fingerprint density at radius 1 is 1.06 bits per heavy atom. The lowest BCUT2D eigenvalue weighted by Crippen LogP contribution is -2.36. The second-order valence-corrected chi connectivity index (χ2v) is 8.13. The van der Waals surface area contributed by atoms with E-state index in [4.69, 9.17) is 4.74 Å². The minimum atomic E-state index is -0.0850. The summed E-state index contributed by atoms with van der Waals surface area (Å²) in [5, 5.41) is 15.9. The summed E-state index contributed by atoms with van der Waals surface area (Å²) in [5.74, 6) is 0.807. The predicted molar refractivity (Wildman–Crippen MR) is 125 cm³/mol. The molecule has 1 aromatic carbocycles. The van der Waals surface area contributed by atoms with Crippen molar-refractivity contribution in [1.82, 2.24) is 19.7 Å². The molecule has 1 N–H and O–H groups in total. The summed E-state index contributed by atoms with van der Waals surface area (Å²) in [6, 6.07) is 11.6. The maximum atomic E-state index is 13.0. The number of aromatic nitrogens is 4. The minimum absolute atomic E-state index is 0.00439. The van der Waals surface area contributed by atoms with Crippen LogP contribution in [0.15, 0.2) is 55.0 Å². The molecule has 0 amide bonds. The third-order valence-corrected chi connectivity index (χ3v) is 6.04. The number of benzene rings is 1. The highest BCUT2D eigenvalue weighted by Gasteiger charge is 2.16. The molecule has 168 valence electrons. The molecule has 0 unspecified atom stereocenters. The van der Waals surface area contributed by atoms with Gasteiger partial charge >= 0.3 is 0 Å². The number of carbonyl (C=O) groups excluding carboxylic acids is 1. The van der Waals surface area contributed by atoms with Crippen molar-refractivity contribution in [1.29, 1.82) is 0 Å². The van der Waals surface area contributed by atoms with E-state index in [2.05, 4.69) is 20.0 Å². The summed E-state index contributed by atoms with van der Waals surface area (Å²) in [7, 11) is 1.81. The molecule has 1 saturated heterocycles. The SMILES string of the molecule is Cn1ncc(-c2ccc3cnc(CC(=O)c4ccnc(N5CCOCC5)c4)cc3c2)c1CO. The van der Waals surface area contributed by atoms with E-state index in [0.717, 1.165) is 46.5 Å². The van der Waals surface area contributed by atoms with Crippen LogP contribution in [0.1, 0.15) is 21.7 Å². The predicted octanol–water partition coefficient (Wildman–Crippen LogP) is 2.78. The van der Waals surface area contributed by atoms with Gasteiger partial charge in [0.25, 0.3) is 0 Å². The second-order valence-electron chi connectivity index (χ2n) is 8.13. The van der Waals surface area contributed by atoms with Crippen LogP contribution in [-0.2, 0) is 24.8 Å². The van der Waals surface area contributed by atoms with Crippen LogP contribution in [-0.4, -0.2) is 56.9 Å². The molecule has 0 spiro atoms. The smallest absolute Gasteiger partial charge is 0.169 e. The Balaban J connectivity index is 1.39. The molecule has 4 aromatic rings. The number of hydrogen-bond acceptors (Lipinski definition) is 7. The monoisotopic (exact) mass is 443 g/mol. The number of morpholine rings is 1. The number of Topliss-reactive ketones (excluding diaryl/α,β-unsaturated/α-hetero) is 1. The van der Waals surface area contributed by atoms with Crippen LogP contribution >= 0.6 is 0 Å². The zero-order valence-electron chi connectivity index (χ0n) is 18.4. The Kier molecular flexibility index (Phi) is 5.85. The summed E-state index contributed by atoms with van der Waals surface area (Å²) < 4.78 is 7.08. The van der Waals surface area contributed by atoms with Crippen molar-refractivity contribution < 1.29 is 14.6 Å². The molecule has 1 fully saturated rings. The molecule has 8 heteroatoms. The quantitative estimate of drug-likeness (QED) is 0.458. The Bertz CT molecular complexity index is 1310. The molecule has 8 nitrogen and oxygen atoms in total. The topological polar surface area (TPSA) is 93.4 Å². The highest BCUT2D eigenvalue weighted by atomic mass is 16.5. The van der Waals surface area contributed by atoms with Crippen LogP contribution < -0.4 is 4.90 Å². The van der Waals surface area contributed by atoms with E-state index in [1.54, 1.807) is 29.3 Å². The first-order chi connectivity index (χ1) is 16.1. The van der Waals surface area contributed by atoms with Crippen molar-refractivity contribution in [3.63, 3.8) is 0 Å². The Hall–Kier alpha value is -3.62. The van der Waals surface area contributed by atoms with Gasteiger partial charge in [0.05, 0.1) is 38.1 Å². The lowest BCUT2D eigenvalue weighted by Gasteiger charge is -2.27. The Morgan fingerprint density at radius 2 is 1.91 bits per heavy atom. The Morgan fingerprint density at radius 3 is 2.73 bits per heavy atom. The number of aliphatic hydroxyl groups is 1. The van der Waals surface area contributed by atoms with E-state index in [-0.39, 0.29) is 18.8 Å². The third-order valence-electron chi connectivity index (χ3n) is 6.04. The molecular formula is C25H25N5O3. The van der Waals surface area contributed by atoms with E-state index < -0.39 is 0 Å². The van der Waals surface area contributed by atoms with Crippen LogP contribution in [0.4, 0.5) is 5.82 Å². The number of hydrogen-bond donors (Lipinski definition) is 1. The molecular weight excluding hydrogens is 418 g/mol. The van der Waals surface area contributed by atoms with Crippen LogP contribution in [0.5, 0.6) is 0 Å². The van der Waals surface area contributed by atoms with Gasteiger partial charge in [-0.1, -0.05) is 12.1 Å². The van der Waals surface area contributed by atoms with E-state index in [9.17, 15) is 9.90 Å². The number of carbonyl (C=O) groups is 1. The molecule has 5 rings (SSSR count).